The van der Waals surface area contributed by atoms with Crippen molar-refractivity contribution < 1.29 is 33.8 Å². The van der Waals surface area contributed by atoms with E-state index < -0.39 is 24.3 Å². The van der Waals surface area contributed by atoms with Crippen molar-refractivity contribution in [3.05, 3.63) is 84.7 Å². The molecule has 2 aromatic heterocycles. The minimum Gasteiger partial charge on any atom is -0.465 e. The molecule has 5 N–H and O–H groups in total. The third-order valence-electron chi connectivity index (χ3n) is 14.7. The Bertz CT molecular complexity index is 2580. The monoisotopic (exact) mass is 868 g/mol. The average Bonchev–Trinajstić information content (AvgIpc) is 3.95. The number of fused-ring (bicyclic) bond motifs is 3. The van der Waals surface area contributed by atoms with Gasteiger partial charge in [-0.2, -0.15) is 0 Å². The second-order valence-corrected chi connectivity index (χ2v) is 19.1. The van der Waals surface area contributed by atoms with Gasteiger partial charge < -0.3 is 45.0 Å². The van der Waals surface area contributed by atoms with Crippen molar-refractivity contribution in [2.24, 2.45) is 23.2 Å². The summed E-state index contributed by atoms with van der Waals surface area (Å²) >= 11 is 0. The third-order valence-corrected chi connectivity index (χ3v) is 14.7. The molecule has 4 amide bonds. The zero-order valence-corrected chi connectivity index (χ0v) is 36.5. The van der Waals surface area contributed by atoms with Crippen molar-refractivity contribution in [1.29, 1.82) is 0 Å². The molecule has 2 saturated carbocycles. The molecule has 1 spiro atoms. The summed E-state index contributed by atoms with van der Waals surface area (Å²) in [5.41, 5.74) is 5.97. The summed E-state index contributed by atoms with van der Waals surface area (Å²) in [6.45, 7) is 5.51. The van der Waals surface area contributed by atoms with Crippen LogP contribution >= 0.6 is 0 Å². The van der Waals surface area contributed by atoms with E-state index in [1.54, 1.807) is 0 Å². The van der Waals surface area contributed by atoms with E-state index in [1.807, 2.05) is 36.0 Å². The quantitative estimate of drug-likeness (QED) is 0.0879. The van der Waals surface area contributed by atoms with Gasteiger partial charge in [-0.05, 0) is 114 Å². The van der Waals surface area contributed by atoms with E-state index in [1.165, 1.54) is 7.11 Å². The number of H-pyrrole nitrogens is 2. The molecule has 3 aromatic carbocycles. The van der Waals surface area contributed by atoms with Gasteiger partial charge >= 0.3 is 12.2 Å². The van der Waals surface area contributed by atoms with Crippen LogP contribution in [0.3, 0.4) is 0 Å². The number of imidazole rings is 2. The molecule has 6 atom stereocenters. The molecule has 15 nitrogen and oxygen atoms in total. The summed E-state index contributed by atoms with van der Waals surface area (Å²) in [5, 5.41) is 17.2. The highest BCUT2D eigenvalue weighted by molar-refractivity contribution is 5.91. The van der Waals surface area contributed by atoms with Gasteiger partial charge in [-0.15, -0.1) is 0 Å². The maximum atomic E-state index is 14.2. The van der Waals surface area contributed by atoms with Crippen LogP contribution < -0.4 is 10.6 Å². The van der Waals surface area contributed by atoms with E-state index in [-0.39, 0.29) is 47.2 Å². The van der Waals surface area contributed by atoms with E-state index >= 15 is 0 Å². The van der Waals surface area contributed by atoms with Gasteiger partial charge in [-0.3, -0.25) is 9.59 Å². The van der Waals surface area contributed by atoms with Crippen LogP contribution in [0.2, 0.25) is 0 Å². The van der Waals surface area contributed by atoms with Gasteiger partial charge in [0.05, 0.1) is 43.0 Å². The molecule has 3 aliphatic heterocycles. The maximum absolute atomic E-state index is 14.2. The first-order valence-electron chi connectivity index (χ1n) is 22.8. The first-order valence-corrected chi connectivity index (χ1v) is 22.8. The number of nitrogens with zero attached hydrogens (tertiary/aromatic N) is 4. The summed E-state index contributed by atoms with van der Waals surface area (Å²) in [6, 6.07) is 19.4. The summed E-state index contributed by atoms with van der Waals surface area (Å²) < 4.78 is 10.3. The number of carbonyl (C=O) groups excluding carboxylic acids is 3. The molecule has 3 saturated heterocycles. The SMILES string of the molecule is COC(=O)N[C@H](C(=O)N1[C@@H]2CC[C@@H](C2)[C@H]1c1ncc(-c2ccc(-c3ccc4cc(-c5cnc([C@@H]6CC7(CC7)CN6C(=O)[C@@H](NC(=O)O)C6CCOCC6)[nH]5)ccc4c3)cc2)[nH]1)C(C)C. The fourth-order valence-corrected chi connectivity index (χ4v) is 11.1. The number of rotatable bonds is 11. The molecule has 2 bridgehead atoms. The Morgan fingerprint density at radius 2 is 1.45 bits per heavy atom. The highest BCUT2D eigenvalue weighted by Crippen LogP contribution is 2.58. The van der Waals surface area contributed by atoms with Crippen LogP contribution in [0.25, 0.3) is 44.4 Å². The Morgan fingerprint density at radius 1 is 0.812 bits per heavy atom. The van der Waals surface area contributed by atoms with Crippen LogP contribution in [-0.2, 0) is 19.1 Å². The Morgan fingerprint density at radius 3 is 2.14 bits per heavy atom. The summed E-state index contributed by atoms with van der Waals surface area (Å²) in [7, 11) is 1.31. The summed E-state index contributed by atoms with van der Waals surface area (Å²) in [6.07, 6.45) is 9.00. The van der Waals surface area contributed by atoms with Crippen molar-refractivity contribution in [1.82, 2.24) is 40.4 Å². The molecule has 10 rings (SSSR count). The third kappa shape index (κ3) is 7.88. The largest absolute Gasteiger partial charge is 0.465 e. The highest BCUT2D eigenvalue weighted by Gasteiger charge is 2.56. The van der Waals surface area contributed by atoms with Crippen LogP contribution in [-0.4, -0.2) is 104 Å². The second-order valence-electron chi connectivity index (χ2n) is 19.1. The first kappa shape index (κ1) is 41.8. The number of methoxy groups -OCH3 is 1. The van der Waals surface area contributed by atoms with E-state index in [0.717, 1.165) is 94.6 Å². The number of nitrogens with one attached hydrogen (secondary N) is 4. The number of amides is 4. The predicted octanol–water partition coefficient (Wildman–Crippen LogP) is 7.84. The second kappa shape index (κ2) is 16.7. The van der Waals surface area contributed by atoms with Gasteiger partial charge in [0.2, 0.25) is 11.8 Å². The molecule has 5 fully saturated rings. The highest BCUT2D eigenvalue weighted by atomic mass is 16.5. The van der Waals surface area contributed by atoms with Crippen LogP contribution in [0.15, 0.2) is 73.1 Å². The number of alkyl carbamates (subject to hydrolysis) is 1. The van der Waals surface area contributed by atoms with Crippen molar-refractivity contribution in [2.45, 2.75) is 95.4 Å². The zero-order chi connectivity index (χ0) is 44.3. The standard InChI is InChI=1S/C49H56N8O7/c1-27(2)40(55-48(62)63-3)46(59)57-36-13-12-35(22-36)42(57)44-51-24-37(53-44)29-6-4-28(5-7-29)31-8-9-33-21-34(11-10-32(33)20-31)38-25-50-43(52-38)39-23-49(16-17-49)26-56(39)45(58)41(54-47(60)61)30-14-18-64-19-15-30/h4-11,20-21,24-25,27,30,35-36,39-42,54H,12-19,22-23,26H2,1-3H3,(H,50,52)(H,51,53)(H,55,62)(H,60,61)/t35-,36+,39-,40-,41-,42-/m0/s1. The molecular formula is C49H56N8O7. The van der Waals surface area contributed by atoms with Gasteiger partial charge in [0.1, 0.15) is 23.7 Å². The molecule has 5 heterocycles. The van der Waals surface area contributed by atoms with E-state index in [9.17, 15) is 24.3 Å². The smallest absolute Gasteiger partial charge is 0.407 e. The molecule has 334 valence electrons. The summed E-state index contributed by atoms with van der Waals surface area (Å²) in [4.78, 5) is 72.7. The lowest BCUT2D eigenvalue weighted by Crippen LogP contribution is -2.54. The maximum Gasteiger partial charge on any atom is 0.407 e. The van der Waals surface area contributed by atoms with Crippen LogP contribution in [0, 0.1) is 23.2 Å². The lowest BCUT2D eigenvalue weighted by atomic mass is 9.90. The normalized spacial score (nSPS) is 23.4. The van der Waals surface area contributed by atoms with Gasteiger partial charge in [-0.25, -0.2) is 19.6 Å². The van der Waals surface area contributed by atoms with Crippen molar-refractivity contribution in [3.63, 3.8) is 0 Å². The lowest BCUT2D eigenvalue weighted by Gasteiger charge is -2.37. The molecule has 64 heavy (non-hydrogen) atoms. The van der Waals surface area contributed by atoms with Crippen LogP contribution in [0.1, 0.15) is 88.9 Å². The van der Waals surface area contributed by atoms with E-state index in [4.69, 9.17) is 19.4 Å². The number of benzene rings is 3. The molecular weight excluding hydrogens is 813 g/mol. The number of ether oxygens (including phenoxy) is 2. The van der Waals surface area contributed by atoms with Crippen molar-refractivity contribution in [3.8, 4) is 33.6 Å². The molecule has 2 aliphatic carbocycles. The minimum atomic E-state index is -1.19. The lowest BCUT2D eigenvalue weighted by molar-refractivity contribution is -0.139. The topological polar surface area (TPSA) is 195 Å². The number of hydrogen-bond donors (Lipinski definition) is 5. The predicted molar refractivity (Wildman–Crippen MR) is 239 cm³/mol. The van der Waals surface area contributed by atoms with Gasteiger partial charge in [0.15, 0.2) is 0 Å². The minimum absolute atomic E-state index is 0.0749. The number of piperidine rings is 1. The van der Waals surface area contributed by atoms with E-state index in [2.05, 4.69) is 81.3 Å². The van der Waals surface area contributed by atoms with Gasteiger partial charge in [-0.1, -0.05) is 62.4 Å². The zero-order valence-electron chi connectivity index (χ0n) is 36.5. The van der Waals surface area contributed by atoms with Crippen molar-refractivity contribution in [2.75, 3.05) is 26.9 Å². The molecule has 5 aromatic rings. The number of carbonyl (C=O) groups is 4. The molecule has 15 heteroatoms. The Hall–Kier alpha value is -6.22. The molecule has 0 unspecified atom stereocenters. The Balaban J connectivity index is 0.833. The fraction of sp³-hybridized carbons (Fsp3) is 0.469. The summed E-state index contributed by atoms with van der Waals surface area (Å²) in [5.74, 6) is 1.33. The number of aromatic amines is 2. The fourth-order valence-electron chi connectivity index (χ4n) is 11.1. The van der Waals surface area contributed by atoms with Gasteiger partial charge in [0, 0.05) is 31.4 Å². The number of hydrogen-bond acceptors (Lipinski definition) is 8. The number of likely N-dealkylation sites (tertiary alicyclic amines) is 2. The van der Waals surface area contributed by atoms with E-state index in [0.29, 0.717) is 38.5 Å². The average molecular weight is 869 g/mol. The number of aromatic nitrogens is 4. The van der Waals surface area contributed by atoms with Gasteiger partial charge in [0.25, 0.3) is 0 Å². The molecule has 0 radical (unpaired) electrons. The van der Waals surface area contributed by atoms with Crippen LogP contribution in [0.5, 0.6) is 0 Å². The number of carboxylic acid groups (broad SMARTS) is 1. The Kier molecular flexibility index (Phi) is 10.9. The van der Waals surface area contributed by atoms with Crippen LogP contribution in [0.4, 0.5) is 9.59 Å². The van der Waals surface area contributed by atoms with Crippen molar-refractivity contribution >= 4 is 34.8 Å². The molecule has 5 aliphatic rings. The first-order chi connectivity index (χ1) is 31.0. The Labute approximate surface area is 371 Å².